The fourth-order valence-corrected chi connectivity index (χ4v) is 4.53. The maximum Gasteiger partial charge on any atom is 0.289 e. The van der Waals surface area contributed by atoms with Gasteiger partial charge < -0.3 is 0 Å². The minimum absolute atomic E-state index is 0.184. The molecule has 3 aromatic carbocycles. The Morgan fingerprint density at radius 2 is 1.75 bits per heavy atom. The van der Waals surface area contributed by atoms with Crippen LogP contribution in [0, 0.1) is 17.0 Å². The monoisotopic (exact) mass is 452 g/mol. The lowest BCUT2D eigenvalue weighted by Gasteiger charge is -2.23. The van der Waals surface area contributed by atoms with Crippen molar-refractivity contribution in [3.05, 3.63) is 100 Å². The third-order valence-electron chi connectivity index (χ3n) is 4.41. The van der Waals surface area contributed by atoms with Gasteiger partial charge in [-0.15, -0.1) is 0 Å². The number of hydrazone groups is 1. The molecule has 0 saturated carbocycles. The van der Waals surface area contributed by atoms with E-state index in [0.717, 1.165) is 27.6 Å². The van der Waals surface area contributed by atoms with E-state index in [1.54, 1.807) is 24.3 Å². The average Bonchev–Trinajstić information content (AvgIpc) is 2.78. The van der Waals surface area contributed by atoms with Crippen molar-refractivity contribution in [2.24, 2.45) is 5.10 Å². The number of nitrogens with zero attached hydrogens (tertiary/aromatic N) is 3. The summed E-state index contributed by atoms with van der Waals surface area (Å²) in [5, 5.41) is 15.2. The largest absolute Gasteiger partial charge is 0.289 e. The molecule has 32 heavy (non-hydrogen) atoms. The number of nitro groups is 1. The molecule has 1 N–H and O–H groups in total. The van der Waals surface area contributed by atoms with Crippen molar-refractivity contribution in [1.82, 2.24) is 5.43 Å². The minimum Gasteiger partial charge on any atom is -0.271 e. The summed E-state index contributed by atoms with van der Waals surface area (Å²) in [5.74, 6) is -0.708. The fraction of sp³-hybridized carbons (Fsp3) is 0.0909. The van der Waals surface area contributed by atoms with Crippen LogP contribution in [-0.2, 0) is 14.8 Å². The standard InChI is InChI=1S/C22H20N4O5S/c1-17-8-7-9-18(14-17)15-23-24-22(27)16-25(19-10-3-2-4-11-19)32(30,31)21-13-6-5-12-20(21)26(28)29/h2-15H,16H2,1H3,(H,24,27)/b23-15-. The Morgan fingerprint density at radius 1 is 1.06 bits per heavy atom. The van der Waals surface area contributed by atoms with Gasteiger partial charge in [-0.3, -0.25) is 19.2 Å². The fourth-order valence-electron chi connectivity index (χ4n) is 2.95. The highest BCUT2D eigenvalue weighted by molar-refractivity contribution is 7.93. The number of sulfonamides is 1. The lowest BCUT2D eigenvalue weighted by atomic mass is 10.2. The average molecular weight is 452 g/mol. The van der Waals surface area contributed by atoms with E-state index in [2.05, 4.69) is 10.5 Å². The molecule has 0 fully saturated rings. The minimum atomic E-state index is -4.43. The molecule has 1 amide bonds. The van der Waals surface area contributed by atoms with Crippen LogP contribution in [0.15, 0.2) is 88.9 Å². The molecular weight excluding hydrogens is 432 g/mol. The van der Waals surface area contributed by atoms with Crippen LogP contribution in [0.2, 0.25) is 0 Å². The first-order valence-electron chi connectivity index (χ1n) is 9.49. The van der Waals surface area contributed by atoms with E-state index in [4.69, 9.17) is 0 Å². The number of hydrogen-bond acceptors (Lipinski definition) is 6. The Morgan fingerprint density at radius 3 is 2.44 bits per heavy atom. The molecule has 0 heterocycles. The summed E-state index contributed by atoms with van der Waals surface area (Å²) in [6.45, 7) is 1.30. The molecule has 164 valence electrons. The van der Waals surface area contributed by atoms with Crippen LogP contribution in [0.3, 0.4) is 0 Å². The highest BCUT2D eigenvalue weighted by Gasteiger charge is 2.32. The van der Waals surface area contributed by atoms with Crippen LogP contribution in [0.25, 0.3) is 0 Å². The van der Waals surface area contributed by atoms with Crippen molar-refractivity contribution < 1.29 is 18.1 Å². The zero-order chi connectivity index (χ0) is 23.1. The quantitative estimate of drug-likeness (QED) is 0.319. The van der Waals surface area contributed by atoms with Gasteiger partial charge >= 0.3 is 0 Å². The smallest absolute Gasteiger partial charge is 0.271 e. The predicted octanol–water partition coefficient (Wildman–Crippen LogP) is 3.25. The second-order valence-electron chi connectivity index (χ2n) is 6.78. The van der Waals surface area contributed by atoms with Crippen molar-refractivity contribution in [3.63, 3.8) is 0 Å². The van der Waals surface area contributed by atoms with Gasteiger partial charge in [-0.25, -0.2) is 13.8 Å². The first kappa shape index (κ1) is 22.6. The first-order chi connectivity index (χ1) is 15.3. The Kier molecular flexibility index (Phi) is 6.96. The molecule has 0 aliphatic heterocycles. The Bertz CT molecular complexity index is 1260. The Labute approximate surface area is 185 Å². The SMILES string of the molecule is Cc1cccc(/C=N\NC(=O)CN(c2ccccc2)S(=O)(=O)c2ccccc2[N+](=O)[O-])c1. The summed E-state index contributed by atoms with van der Waals surface area (Å²) in [6.07, 6.45) is 1.44. The molecule has 0 radical (unpaired) electrons. The molecule has 10 heteroatoms. The number of anilines is 1. The molecule has 0 aliphatic carbocycles. The number of hydrogen-bond donors (Lipinski definition) is 1. The zero-order valence-electron chi connectivity index (χ0n) is 17.1. The van der Waals surface area contributed by atoms with E-state index >= 15 is 0 Å². The summed E-state index contributed by atoms with van der Waals surface area (Å²) in [5.41, 5.74) is 3.69. The van der Waals surface area contributed by atoms with Gasteiger partial charge in [0, 0.05) is 6.07 Å². The van der Waals surface area contributed by atoms with Gasteiger partial charge in [0.1, 0.15) is 6.54 Å². The van der Waals surface area contributed by atoms with Crippen molar-refractivity contribution >= 4 is 33.5 Å². The van der Waals surface area contributed by atoms with Gasteiger partial charge in [0.2, 0.25) is 0 Å². The van der Waals surface area contributed by atoms with Crippen LogP contribution in [0.1, 0.15) is 11.1 Å². The van der Waals surface area contributed by atoms with Gasteiger partial charge in [-0.2, -0.15) is 5.10 Å². The number of rotatable bonds is 8. The Hall–Kier alpha value is -4.05. The number of amides is 1. The summed E-state index contributed by atoms with van der Waals surface area (Å²) in [6, 6.07) is 20.3. The third kappa shape index (κ3) is 5.35. The molecule has 3 aromatic rings. The number of aryl methyl sites for hydroxylation is 1. The lowest BCUT2D eigenvalue weighted by Crippen LogP contribution is -2.39. The maximum atomic E-state index is 13.3. The molecule has 0 atom stereocenters. The van der Waals surface area contributed by atoms with E-state index in [0.29, 0.717) is 0 Å². The summed E-state index contributed by atoms with van der Waals surface area (Å²) in [7, 11) is -4.43. The van der Waals surface area contributed by atoms with Crippen molar-refractivity contribution in [2.75, 3.05) is 10.8 Å². The number of carbonyl (C=O) groups is 1. The highest BCUT2D eigenvalue weighted by atomic mass is 32.2. The van der Waals surface area contributed by atoms with E-state index in [1.165, 1.54) is 30.5 Å². The van der Waals surface area contributed by atoms with Gasteiger partial charge in [-0.1, -0.05) is 60.2 Å². The third-order valence-corrected chi connectivity index (χ3v) is 6.23. The molecule has 0 aromatic heterocycles. The van der Waals surface area contributed by atoms with Crippen LogP contribution in [0.4, 0.5) is 11.4 Å². The zero-order valence-corrected chi connectivity index (χ0v) is 17.9. The van der Waals surface area contributed by atoms with Gasteiger partial charge in [-0.05, 0) is 30.7 Å². The lowest BCUT2D eigenvalue weighted by molar-refractivity contribution is -0.387. The normalized spacial score (nSPS) is 11.3. The topological polar surface area (TPSA) is 122 Å². The van der Waals surface area contributed by atoms with Crippen LogP contribution in [-0.4, -0.2) is 32.0 Å². The van der Waals surface area contributed by atoms with Crippen LogP contribution < -0.4 is 9.73 Å². The summed E-state index contributed by atoms with van der Waals surface area (Å²) >= 11 is 0. The van der Waals surface area contributed by atoms with Crippen molar-refractivity contribution in [1.29, 1.82) is 0 Å². The second kappa shape index (κ2) is 9.84. The van der Waals surface area contributed by atoms with Crippen molar-refractivity contribution in [2.45, 2.75) is 11.8 Å². The van der Waals surface area contributed by atoms with Gasteiger partial charge in [0.15, 0.2) is 4.90 Å². The molecule has 9 nitrogen and oxygen atoms in total. The number of nitrogens with one attached hydrogen (secondary N) is 1. The molecule has 3 rings (SSSR count). The van der Waals surface area contributed by atoms with Gasteiger partial charge in [0.25, 0.3) is 21.6 Å². The Balaban J connectivity index is 1.89. The van der Waals surface area contributed by atoms with E-state index in [1.807, 2.05) is 25.1 Å². The molecule has 0 aliphatic rings. The molecular formula is C22H20N4O5S. The number of benzene rings is 3. The first-order valence-corrected chi connectivity index (χ1v) is 10.9. The molecule has 0 bridgehead atoms. The summed E-state index contributed by atoms with van der Waals surface area (Å²) < 4.78 is 27.5. The predicted molar refractivity (Wildman–Crippen MR) is 121 cm³/mol. The number of carbonyl (C=O) groups excluding carboxylic acids is 1. The van der Waals surface area contributed by atoms with Crippen LogP contribution in [0.5, 0.6) is 0 Å². The molecule has 0 spiro atoms. The van der Waals surface area contributed by atoms with E-state index in [9.17, 15) is 23.3 Å². The summed E-state index contributed by atoms with van der Waals surface area (Å²) in [4.78, 5) is 22.6. The van der Waals surface area contributed by atoms with Crippen molar-refractivity contribution in [3.8, 4) is 0 Å². The molecule has 0 saturated heterocycles. The maximum absolute atomic E-state index is 13.3. The number of para-hydroxylation sites is 2. The van der Waals surface area contributed by atoms with Crippen LogP contribution >= 0.6 is 0 Å². The highest BCUT2D eigenvalue weighted by Crippen LogP contribution is 2.29. The van der Waals surface area contributed by atoms with E-state index < -0.39 is 38.0 Å². The molecule has 0 unspecified atom stereocenters. The second-order valence-corrected chi connectivity index (χ2v) is 8.61. The number of nitro benzene ring substituents is 1. The van der Waals surface area contributed by atoms with Gasteiger partial charge in [0.05, 0.1) is 16.8 Å². The van der Waals surface area contributed by atoms with E-state index in [-0.39, 0.29) is 5.69 Å².